The quantitative estimate of drug-likeness (QED) is 0.827. The molecule has 2 rings (SSSR count). The summed E-state index contributed by atoms with van der Waals surface area (Å²) in [7, 11) is 2.05. The Balaban J connectivity index is 1.95. The number of piperidine rings is 1. The molecule has 1 saturated heterocycles. The number of nitrogens with one attached hydrogen (secondary N) is 2. The maximum Gasteiger partial charge on any atom is 0.119 e. The molecule has 2 N–H and O–H groups in total. The SMILES string of the molecule is CCOc1ccc(C(CC2CCCNC2)NC)cc1. The maximum absolute atomic E-state index is 5.49. The molecule has 0 bridgehead atoms. The van der Waals surface area contributed by atoms with Crippen molar-refractivity contribution in [1.82, 2.24) is 10.6 Å². The van der Waals surface area contributed by atoms with Gasteiger partial charge in [0.2, 0.25) is 0 Å². The van der Waals surface area contributed by atoms with Gasteiger partial charge < -0.3 is 15.4 Å². The first kappa shape index (κ1) is 14.4. The lowest BCUT2D eigenvalue weighted by Crippen LogP contribution is -2.32. The van der Waals surface area contributed by atoms with Crippen LogP contribution in [0.15, 0.2) is 24.3 Å². The molecule has 1 aromatic rings. The number of rotatable bonds is 6. The lowest BCUT2D eigenvalue weighted by atomic mass is 9.89. The Kier molecular flexibility index (Phi) is 5.67. The van der Waals surface area contributed by atoms with E-state index in [1.807, 2.05) is 6.92 Å². The summed E-state index contributed by atoms with van der Waals surface area (Å²) >= 11 is 0. The van der Waals surface area contributed by atoms with Gasteiger partial charge in [-0.15, -0.1) is 0 Å². The average molecular weight is 262 g/mol. The first-order valence-electron chi connectivity index (χ1n) is 7.44. The van der Waals surface area contributed by atoms with E-state index in [0.717, 1.165) is 24.8 Å². The second-order valence-corrected chi connectivity index (χ2v) is 5.29. The molecule has 0 spiro atoms. The highest BCUT2D eigenvalue weighted by Gasteiger charge is 2.18. The molecule has 3 heteroatoms. The molecule has 1 aliphatic heterocycles. The second-order valence-electron chi connectivity index (χ2n) is 5.29. The van der Waals surface area contributed by atoms with Gasteiger partial charge in [-0.1, -0.05) is 12.1 Å². The number of ether oxygens (including phenoxy) is 1. The largest absolute Gasteiger partial charge is 0.494 e. The Bertz CT molecular complexity index is 358. The maximum atomic E-state index is 5.49. The lowest BCUT2D eigenvalue weighted by molar-refractivity contribution is 0.321. The molecule has 0 amide bonds. The zero-order chi connectivity index (χ0) is 13.5. The van der Waals surface area contributed by atoms with E-state index in [0.29, 0.717) is 6.04 Å². The van der Waals surface area contributed by atoms with Crippen molar-refractivity contribution < 1.29 is 4.74 Å². The van der Waals surface area contributed by atoms with E-state index in [1.54, 1.807) is 0 Å². The molecule has 0 aromatic heterocycles. The van der Waals surface area contributed by atoms with Crippen molar-refractivity contribution in [2.45, 2.75) is 32.2 Å². The molecular weight excluding hydrogens is 236 g/mol. The molecule has 1 aromatic carbocycles. The molecule has 2 atom stereocenters. The molecule has 1 heterocycles. The van der Waals surface area contributed by atoms with Gasteiger partial charge in [-0.3, -0.25) is 0 Å². The van der Waals surface area contributed by atoms with Crippen LogP contribution in [0, 0.1) is 5.92 Å². The first-order valence-corrected chi connectivity index (χ1v) is 7.44. The van der Waals surface area contributed by atoms with E-state index in [9.17, 15) is 0 Å². The molecule has 2 unspecified atom stereocenters. The van der Waals surface area contributed by atoms with Gasteiger partial charge in [0.05, 0.1) is 6.61 Å². The molecule has 0 aliphatic carbocycles. The number of hydrogen-bond acceptors (Lipinski definition) is 3. The third-order valence-electron chi connectivity index (χ3n) is 3.91. The summed E-state index contributed by atoms with van der Waals surface area (Å²) in [5.74, 6) is 1.75. The summed E-state index contributed by atoms with van der Waals surface area (Å²) in [4.78, 5) is 0. The van der Waals surface area contributed by atoms with Crippen LogP contribution in [-0.4, -0.2) is 26.7 Å². The topological polar surface area (TPSA) is 33.3 Å². The molecule has 1 fully saturated rings. The van der Waals surface area contributed by atoms with E-state index in [2.05, 4.69) is 41.9 Å². The van der Waals surface area contributed by atoms with Gasteiger partial charge >= 0.3 is 0 Å². The van der Waals surface area contributed by atoms with Crippen LogP contribution in [-0.2, 0) is 0 Å². The van der Waals surface area contributed by atoms with E-state index in [1.165, 1.54) is 31.4 Å². The lowest BCUT2D eigenvalue weighted by Gasteiger charge is -2.27. The van der Waals surface area contributed by atoms with E-state index >= 15 is 0 Å². The fraction of sp³-hybridized carbons (Fsp3) is 0.625. The summed E-state index contributed by atoms with van der Waals surface area (Å²) in [6.07, 6.45) is 3.87. The van der Waals surface area contributed by atoms with Crippen molar-refractivity contribution in [3.63, 3.8) is 0 Å². The normalized spacial score (nSPS) is 21.1. The van der Waals surface area contributed by atoms with Crippen molar-refractivity contribution in [2.75, 3.05) is 26.7 Å². The Morgan fingerprint density at radius 3 is 2.74 bits per heavy atom. The van der Waals surface area contributed by atoms with Gasteiger partial charge in [0.1, 0.15) is 5.75 Å². The van der Waals surface area contributed by atoms with Crippen LogP contribution in [0.4, 0.5) is 0 Å². The summed E-state index contributed by atoms with van der Waals surface area (Å²) in [5.41, 5.74) is 1.36. The fourth-order valence-corrected chi connectivity index (χ4v) is 2.84. The van der Waals surface area contributed by atoms with Crippen molar-refractivity contribution in [3.05, 3.63) is 29.8 Å². The Morgan fingerprint density at radius 1 is 1.37 bits per heavy atom. The Morgan fingerprint density at radius 2 is 2.16 bits per heavy atom. The van der Waals surface area contributed by atoms with Crippen LogP contribution in [0.2, 0.25) is 0 Å². The number of benzene rings is 1. The van der Waals surface area contributed by atoms with Gasteiger partial charge in [-0.2, -0.15) is 0 Å². The van der Waals surface area contributed by atoms with E-state index < -0.39 is 0 Å². The fourth-order valence-electron chi connectivity index (χ4n) is 2.84. The highest BCUT2D eigenvalue weighted by molar-refractivity contribution is 5.29. The molecule has 19 heavy (non-hydrogen) atoms. The van der Waals surface area contributed by atoms with Crippen molar-refractivity contribution >= 4 is 0 Å². The Hall–Kier alpha value is -1.06. The first-order chi connectivity index (χ1) is 9.33. The minimum atomic E-state index is 0.445. The van der Waals surface area contributed by atoms with E-state index in [-0.39, 0.29) is 0 Å². The summed E-state index contributed by atoms with van der Waals surface area (Å²) in [6, 6.07) is 8.95. The molecule has 1 aliphatic rings. The molecule has 3 nitrogen and oxygen atoms in total. The average Bonchev–Trinajstić information content (AvgIpc) is 2.47. The smallest absolute Gasteiger partial charge is 0.119 e. The molecule has 0 radical (unpaired) electrons. The standard InChI is InChI=1S/C16H26N2O/c1-3-19-15-8-6-14(7-9-15)16(17-2)11-13-5-4-10-18-12-13/h6-9,13,16-18H,3-5,10-12H2,1-2H3. The predicted octanol–water partition coefficient (Wildman–Crippen LogP) is 2.74. The highest BCUT2D eigenvalue weighted by atomic mass is 16.5. The Labute approximate surface area is 116 Å². The van der Waals surface area contributed by atoms with Gasteiger partial charge in [0.25, 0.3) is 0 Å². The summed E-state index contributed by atoms with van der Waals surface area (Å²) < 4.78 is 5.49. The zero-order valence-corrected chi connectivity index (χ0v) is 12.1. The predicted molar refractivity (Wildman–Crippen MR) is 79.6 cm³/mol. The van der Waals surface area contributed by atoms with Crippen LogP contribution < -0.4 is 15.4 Å². The monoisotopic (exact) mass is 262 g/mol. The minimum absolute atomic E-state index is 0.445. The van der Waals surface area contributed by atoms with Crippen molar-refractivity contribution in [3.8, 4) is 5.75 Å². The van der Waals surface area contributed by atoms with Crippen LogP contribution in [0.25, 0.3) is 0 Å². The van der Waals surface area contributed by atoms with Crippen LogP contribution in [0.5, 0.6) is 5.75 Å². The molecular formula is C16H26N2O. The number of hydrogen-bond donors (Lipinski definition) is 2. The minimum Gasteiger partial charge on any atom is -0.494 e. The molecule has 0 saturated carbocycles. The van der Waals surface area contributed by atoms with Gasteiger partial charge in [0, 0.05) is 6.04 Å². The van der Waals surface area contributed by atoms with Gasteiger partial charge in [0.15, 0.2) is 0 Å². The van der Waals surface area contributed by atoms with E-state index in [4.69, 9.17) is 4.74 Å². The van der Waals surface area contributed by atoms with Gasteiger partial charge in [-0.05, 0) is 69.9 Å². The summed E-state index contributed by atoms with van der Waals surface area (Å²) in [6.45, 7) is 5.09. The zero-order valence-electron chi connectivity index (χ0n) is 12.1. The highest BCUT2D eigenvalue weighted by Crippen LogP contribution is 2.26. The van der Waals surface area contributed by atoms with Crippen LogP contribution in [0.1, 0.15) is 37.8 Å². The van der Waals surface area contributed by atoms with Crippen molar-refractivity contribution in [1.29, 1.82) is 0 Å². The second kappa shape index (κ2) is 7.51. The molecule has 106 valence electrons. The summed E-state index contributed by atoms with van der Waals surface area (Å²) in [5, 5.41) is 6.94. The third-order valence-corrected chi connectivity index (χ3v) is 3.91. The van der Waals surface area contributed by atoms with Crippen LogP contribution >= 0.6 is 0 Å². The third kappa shape index (κ3) is 4.22. The van der Waals surface area contributed by atoms with Crippen molar-refractivity contribution in [2.24, 2.45) is 5.92 Å². The van der Waals surface area contributed by atoms with Crippen LogP contribution in [0.3, 0.4) is 0 Å². The van der Waals surface area contributed by atoms with Gasteiger partial charge in [-0.25, -0.2) is 0 Å².